The number of halogens is 4. The Balaban J connectivity index is 0.00000242. The molecule has 0 radical (unpaired) electrons. The van der Waals surface area contributed by atoms with Crippen LogP contribution in [-0.4, -0.2) is 43.4 Å². The fourth-order valence-corrected chi connectivity index (χ4v) is 1.78. The Bertz CT molecular complexity index is 479. The van der Waals surface area contributed by atoms with Crippen molar-refractivity contribution in [3.05, 3.63) is 23.9 Å². The number of hydrogen-bond acceptors (Lipinski definition) is 5. The number of hydrogen-bond donors (Lipinski definition) is 2. The van der Waals surface area contributed by atoms with Gasteiger partial charge in [0.25, 0.3) is 0 Å². The molecule has 5 nitrogen and oxygen atoms in total. The molecule has 0 aliphatic carbocycles. The van der Waals surface area contributed by atoms with E-state index in [4.69, 9.17) is 0 Å². The normalized spacial score (nSPS) is 14.4. The van der Waals surface area contributed by atoms with Gasteiger partial charge in [0.15, 0.2) is 12.6 Å². The van der Waals surface area contributed by atoms with Gasteiger partial charge in [0.1, 0.15) is 0 Å². The molecular formula is C13H18F3IN4O. The first kappa shape index (κ1) is 18.8. The molecule has 1 aromatic rings. The second kappa shape index (κ2) is 9.01. The number of guanidine groups is 1. The van der Waals surface area contributed by atoms with E-state index in [1.807, 2.05) is 0 Å². The van der Waals surface area contributed by atoms with Gasteiger partial charge < -0.3 is 15.4 Å². The fourth-order valence-electron chi connectivity index (χ4n) is 1.78. The summed E-state index contributed by atoms with van der Waals surface area (Å²) >= 11 is 0. The Morgan fingerprint density at radius 1 is 1.32 bits per heavy atom. The zero-order valence-electron chi connectivity index (χ0n) is 11.8. The molecule has 0 amide bonds. The van der Waals surface area contributed by atoms with Gasteiger partial charge in [-0.1, -0.05) is 6.07 Å². The first-order valence-corrected chi connectivity index (χ1v) is 6.69. The topological polar surface area (TPSA) is 58.5 Å². The molecule has 0 atom stereocenters. The Kier molecular flexibility index (Phi) is 7.69. The minimum Gasteiger partial charge on any atom is -0.468 e. The van der Waals surface area contributed by atoms with Crippen molar-refractivity contribution >= 4 is 29.9 Å². The lowest BCUT2D eigenvalue weighted by atomic mass is 10.2. The number of nitrogens with zero attached hydrogens (tertiary/aromatic N) is 2. The molecule has 1 aliphatic rings. The van der Waals surface area contributed by atoms with Crippen LogP contribution in [0.25, 0.3) is 0 Å². The molecule has 2 heterocycles. The number of aliphatic imine (C=N–C) groups is 1. The lowest BCUT2D eigenvalue weighted by molar-refractivity contribution is -0.154. The number of ether oxygens (including phenoxy) is 1. The van der Waals surface area contributed by atoms with Crippen LogP contribution in [0.2, 0.25) is 0 Å². The Morgan fingerprint density at radius 2 is 2.14 bits per heavy atom. The van der Waals surface area contributed by atoms with E-state index in [0.29, 0.717) is 13.0 Å². The smallest absolute Gasteiger partial charge is 0.422 e. The van der Waals surface area contributed by atoms with E-state index in [9.17, 15) is 13.2 Å². The van der Waals surface area contributed by atoms with Crippen LogP contribution >= 0.6 is 24.0 Å². The number of pyridine rings is 1. The molecule has 0 fully saturated rings. The monoisotopic (exact) mass is 430 g/mol. The Hall–Kier alpha value is -1.26. The Labute approximate surface area is 143 Å². The summed E-state index contributed by atoms with van der Waals surface area (Å²) in [6, 6.07) is 3.15. The lowest BCUT2D eigenvalue weighted by Gasteiger charge is -2.15. The minimum absolute atomic E-state index is 0. The molecule has 124 valence electrons. The highest BCUT2D eigenvalue weighted by Gasteiger charge is 2.28. The van der Waals surface area contributed by atoms with E-state index in [2.05, 4.69) is 25.3 Å². The molecule has 0 saturated carbocycles. The quantitative estimate of drug-likeness (QED) is 0.703. The van der Waals surface area contributed by atoms with Crippen LogP contribution in [0.15, 0.2) is 23.3 Å². The SMILES string of the molecule is FC(F)(F)COc1ccc(CCNC2=NCCCN2)cn1.I. The molecule has 1 aromatic heterocycles. The number of rotatable bonds is 5. The van der Waals surface area contributed by atoms with Crippen LogP contribution in [0.5, 0.6) is 5.88 Å². The largest absolute Gasteiger partial charge is 0.468 e. The summed E-state index contributed by atoms with van der Waals surface area (Å²) in [4.78, 5) is 8.13. The van der Waals surface area contributed by atoms with Crippen molar-refractivity contribution in [1.82, 2.24) is 15.6 Å². The highest BCUT2D eigenvalue weighted by atomic mass is 127. The van der Waals surface area contributed by atoms with E-state index < -0.39 is 12.8 Å². The molecule has 9 heteroatoms. The molecule has 0 saturated heterocycles. The highest BCUT2D eigenvalue weighted by Crippen LogP contribution is 2.17. The standard InChI is InChI=1S/C13H17F3N4O.HI/c14-13(15,16)9-21-11-3-2-10(8-20-11)4-7-19-12-17-5-1-6-18-12;/h2-3,8H,1,4-7,9H2,(H2,17,18,19);1H. The average Bonchev–Trinajstić information content (AvgIpc) is 2.47. The summed E-state index contributed by atoms with van der Waals surface area (Å²) in [5.41, 5.74) is 0.915. The van der Waals surface area contributed by atoms with E-state index in [1.54, 1.807) is 6.07 Å². The van der Waals surface area contributed by atoms with E-state index >= 15 is 0 Å². The van der Waals surface area contributed by atoms with Gasteiger partial charge in [-0.05, 0) is 18.4 Å². The van der Waals surface area contributed by atoms with Crippen LogP contribution in [0.4, 0.5) is 13.2 Å². The minimum atomic E-state index is -4.35. The molecule has 22 heavy (non-hydrogen) atoms. The van der Waals surface area contributed by atoms with Crippen LogP contribution < -0.4 is 15.4 Å². The third-order valence-corrected chi connectivity index (χ3v) is 2.78. The van der Waals surface area contributed by atoms with Crippen molar-refractivity contribution in [2.24, 2.45) is 4.99 Å². The van der Waals surface area contributed by atoms with Gasteiger partial charge in [0, 0.05) is 31.9 Å². The van der Waals surface area contributed by atoms with Crippen LogP contribution in [0.1, 0.15) is 12.0 Å². The van der Waals surface area contributed by atoms with Gasteiger partial charge in [0.05, 0.1) is 0 Å². The van der Waals surface area contributed by atoms with Crippen LogP contribution in [0.3, 0.4) is 0 Å². The molecule has 2 rings (SSSR count). The van der Waals surface area contributed by atoms with Gasteiger partial charge in [-0.25, -0.2) is 4.98 Å². The van der Waals surface area contributed by atoms with E-state index in [0.717, 1.165) is 31.0 Å². The van der Waals surface area contributed by atoms with Gasteiger partial charge in [0.2, 0.25) is 5.88 Å². The Morgan fingerprint density at radius 3 is 2.73 bits per heavy atom. The summed E-state index contributed by atoms with van der Waals surface area (Å²) in [6.07, 6.45) is -1.09. The fraction of sp³-hybridized carbons (Fsp3) is 0.538. The number of alkyl halides is 3. The summed E-state index contributed by atoms with van der Waals surface area (Å²) in [7, 11) is 0. The molecule has 2 N–H and O–H groups in total. The lowest BCUT2D eigenvalue weighted by Crippen LogP contribution is -2.41. The van der Waals surface area contributed by atoms with Gasteiger partial charge in [-0.3, -0.25) is 4.99 Å². The van der Waals surface area contributed by atoms with E-state index in [-0.39, 0.29) is 29.9 Å². The first-order chi connectivity index (χ1) is 10.0. The molecule has 1 aliphatic heterocycles. The van der Waals surface area contributed by atoms with Crippen molar-refractivity contribution in [3.63, 3.8) is 0 Å². The van der Waals surface area contributed by atoms with Crippen molar-refractivity contribution in [2.75, 3.05) is 26.2 Å². The first-order valence-electron chi connectivity index (χ1n) is 6.69. The van der Waals surface area contributed by atoms with Crippen molar-refractivity contribution < 1.29 is 17.9 Å². The van der Waals surface area contributed by atoms with Gasteiger partial charge in [-0.2, -0.15) is 13.2 Å². The van der Waals surface area contributed by atoms with Gasteiger partial charge >= 0.3 is 6.18 Å². The predicted octanol–water partition coefficient (Wildman–Crippen LogP) is 2.12. The van der Waals surface area contributed by atoms with Gasteiger partial charge in [-0.15, -0.1) is 24.0 Å². The average molecular weight is 430 g/mol. The maximum absolute atomic E-state index is 12.0. The highest BCUT2D eigenvalue weighted by molar-refractivity contribution is 14.0. The molecule has 0 spiro atoms. The summed E-state index contributed by atoms with van der Waals surface area (Å²) in [6.45, 7) is 1.09. The third kappa shape index (κ3) is 7.14. The second-order valence-electron chi connectivity index (χ2n) is 4.60. The maximum atomic E-state index is 12.0. The number of aromatic nitrogens is 1. The summed E-state index contributed by atoms with van der Waals surface area (Å²) in [5, 5.41) is 6.30. The van der Waals surface area contributed by atoms with Crippen molar-refractivity contribution in [2.45, 2.75) is 19.0 Å². The molecular weight excluding hydrogens is 412 g/mol. The summed E-state index contributed by atoms with van der Waals surface area (Å²) in [5.74, 6) is 0.765. The third-order valence-electron chi connectivity index (χ3n) is 2.78. The summed E-state index contributed by atoms with van der Waals surface area (Å²) < 4.78 is 40.5. The zero-order chi connectivity index (χ0) is 15.1. The predicted molar refractivity (Wildman–Crippen MR) is 87.8 cm³/mol. The zero-order valence-corrected chi connectivity index (χ0v) is 14.1. The maximum Gasteiger partial charge on any atom is 0.422 e. The van der Waals surface area contributed by atoms with Crippen molar-refractivity contribution in [1.29, 1.82) is 0 Å². The number of nitrogens with one attached hydrogen (secondary N) is 2. The van der Waals surface area contributed by atoms with Crippen LogP contribution in [-0.2, 0) is 6.42 Å². The molecule has 0 bridgehead atoms. The molecule has 0 unspecified atom stereocenters. The second-order valence-corrected chi connectivity index (χ2v) is 4.60. The molecule has 0 aromatic carbocycles. The van der Waals surface area contributed by atoms with Crippen LogP contribution in [0, 0.1) is 0 Å². The van der Waals surface area contributed by atoms with E-state index in [1.165, 1.54) is 12.3 Å². The van der Waals surface area contributed by atoms with Crippen molar-refractivity contribution in [3.8, 4) is 5.88 Å².